The van der Waals surface area contributed by atoms with Crippen LogP contribution in [0.5, 0.6) is 0 Å². The third-order valence-corrected chi connectivity index (χ3v) is 3.95. The molecule has 5 heteroatoms. The van der Waals surface area contributed by atoms with E-state index in [-0.39, 0.29) is 11.9 Å². The van der Waals surface area contributed by atoms with Crippen molar-refractivity contribution in [1.29, 1.82) is 5.26 Å². The van der Waals surface area contributed by atoms with Gasteiger partial charge < -0.3 is 14.2 Å². The van der Waals surface area contributed by atoms with E-state index in [1.807, 2.05) is 34.8 Å². The normalized spacial score (nSPS) is 18.0. The van der Waals surface area contributed by atoms with E-state index in [1.165, 1.54) is 0 Å². The van der Waals surface area contributed by atoms with Gasteiger partial charge in [0.2, 0.25) is 0 Å². The van der Waals surface area contributed by atoms with Gasteiger partial charge in [0, 0.05) is 31.0 Å². The Morgan fingerprint density at radius 1 is 1.36 bits per heavy atom. The zero-order valence-electron chi connectivity index (χ0n) is 12.4. The summed E-state index contributed by atoms with van der Waals surface area (Å²) in [4.78, 5) is 14.7. The molecule has 0 aliphatic carbocycles. The average Bonchev–Trinajstić information content (AvgIpc) is 3.00. The smallest absolute Gasteiger partial charge is 0.254 e. The first-order valence-electron chi connectivity index (χ1n) is 7.21. The Labute approximate surface area is 129 Å². The van der Waals surface area contributed by atoms with Crippen molar-refractivity contribution in [1.82, 2.24) is 9.47 Å². The highest BCUT2D eigenvalue weighted by molar-refractivity contribution is 5.95. The van der Waals surface area contributed by atoms with Gasteiger partial charge in [0.05, 0.1) is 30.9 Å². The molecule has 1 aliphatic heterocycles. The summed E-state index contributed by atoms with van der Waals surface area (Å²) in [5, 5.41) is 8.99. The molecule has 1 aliphatic rings. The average molecular weight is 295 g/mol. The lowest BCUT2D eigenvalue weighted by Gasteiger charge is -2.36. The summed E-state index contributed by atoms with van der Waals surface area (Å²) in [6.07, 6.45) is 1.96. The quantitative estimate of drug-likeness (QED) is 0.852. The molecule has 1 saturated heterocycles. The van der Waals surface area contributed by atoms with Crippen molar-refractivity contribution in [3.63, 3.8) is 0 Å². The summed E-state index contributed by atoms with van der Waals surface area (Å²) in [6, 6.07) is 12.8. The zero-order chi connectivity index (χ0) is 15.5. The highest BCUT2D eigenvalue weighted by Crippen LogP contribution is 2.26. The fourth-order valence-corrected chi connectivity index (χ4v) is 2.80. The monoisotopic (exact) mass is 295 g/mol. The van der Waals surface area contributed by atoms with Gasteiger partial charge in [0.15, 0.2) is 0 Å². The lowest BCUT2D eigenvalue weighted by atomic mass is 10.1. The van der Waals surface area contributed by atoms with Gasteiger partial charge in [0.25, 0.3) is 5.91 Å². The van der Waals surface area contributed by atoms with Gasteiger partial charge in [-0.1, -0.05) is 6.07 Å². The third-order valence-electron chi connectivity index (χ3n) is 3.95. The number of carbonyl (C=O) groups is 1. The van der Waals surface area contributed by atoms with Crippen LogP contribution >= 0.6 is 0 Å². The number of amides is 1. The number of aromatic nitrogens is 1. The van der Waals surface area contributed by atoms with Crippen LogP contribution in [0.4, 0.5) is 0 Å². The number of hydrogen-bond donors (Lipinski definition) is 0. The van der Waals surface area contributed by atoms with Crippen molar-refractivity contribution in [2.24, 2.45) is 7.05 Å². The van der Waals surface area contributed by atoms with E-state index in [1.54, 1.807) is 24.3 Å². The first-order chi connectivity index (χ1) is 10.7. The van der Waals surface area contributed by atoms with E-state index in [0.29, 0.717) is 30.9 Å². The Morgan fingerprint density at radius 2 is 2.23 bits per heavy atom. The van der Waals surface area contributed by atoms with Crippen LogP contribution in [0.25, 0.3) is 0 Å². The number of morpholine rings is 1. The summed E-state index contributed by atoms with van der Waals surface area (Å²) < 4.78 is 7.57. The second kappa shape index (κ2) is 6.04. The molecule has 0 saturated carbocycles. The Morgan fingerprint density at radius 3 is 2.95 bits per heavy atom. The maximum atomic E-state index is 12.8. The van der Waals surface area contributed by atoms with E-state index in [0.717, 1.165) is 5.69 Å². The summed E-state index contributed by atoms with van der Waals surface area (Å²) in [6.45, 7) is 1.57. The molecule has 112 valence electrons. The summed E-state index contributed by atoms with van der Waals surface area (Å²) >= 11 is 0. The van der Waals surface area contributed by atoms with Crippen LogP contribution in [0, 0.1) is 11.3 Å². The molecular formula is C17H17N3O2. The zero-order valence-corrected chi connectivity index (χ0v) is 12.4. The van der Waals surface area contributed by atoms with Crippen molar-refractivity contribution in [3.05, 3.63) is 59.4 Å². The molecule has 0 N–H and O–H groups in total. The topological polar surface area (TPSA) is 58.3 Å². The molecule has 1 amide bonds. The predicted octanol–water partition coefficient (Wildman–Crippen LogP) is 2.11. The van der Waals surface area contributed by atoms with Crippen LogP contribution in [0.3, 0.4) is 0 Å². The van der Waals surface area contributed by atoms with Crippen LogP contribution in [-0.2, 0) is 11.8 Å². The number of ether oxygens (including phenoxy) is 1. The first kappa shape index (κ1) is 14.4. The fourth-order valence-electron chi connectivity index (χ4n) is 2.80. The Hall–Kier alpha value is -2.58. The van der Waals surface area contributed by atoms with Gasteiger partial charge in [-0.05, 0) is 30.3 Å². The lowest BCUT2D eigenvalue weighted by molar-refractivity contribution is -0.00463. The molecule has 2 heterocycles. The number of rotatable bonds is 2. The second-order valence-electron chi connectivity index (χ2n) is 5.33. The van der Waals surface area contributed by atoms with Crippen LogP contribution in [0.1, 0.15) is 27.7 Å². The molecule has 1 aromatic carbocycles. The number of carbonyl (C=O) groups excluding carboxylic acids is 1. The second-order valence-corrected chi connectivity index (χ2v) is 5.33. The van der Waals surface area contributed by atoms with Crippen LogP contribution in [0.15, 0.2) is 42.6 Å². The van der Waals surface area contributed by atoms with E-state index < -0.39 is 0 Å². The predicted molar refractivity (Wildman–Crippen MR) is 81.2 cm³/mol. The van der Waals surface area contributed by atoms with Crippen molar-refractivity contribution in [2.75, 3.05) is 19.8 Å². The van der Waals surface area contributed by atoms with Gasteiger partial charge >= 0.3 is 0 Å². The molecular weight excluding hydrogens is 278 g/mol. The van der Waals surface area contributed by atoms with Gasteiger partial charge in [-0.15, -0.1) is 0 Å². The Balaban J connectivity index is 1.92. The number of nitrogens with zero attached hydrogens (tertiary/aromatic N) is 3. The van der Waals surface area contributed by atoms with Crippen molar-refractivity contribution >= 4 is 5.91 Å². The minimum atomic E-state index is -0.105. The SMILES string of the molecule is Cn1cccc1[C@H]1COCCN1C(=O)c1cccc(C#N)c1. The molecule has 0 radical (unpaired) electrons. The maximum Gasteiger partial charge on any atom is 0.254 e. The molecule has 1 fully saturated rings. The lowest BCUT2D eigenvalue weighted by Crippen LogP contribution is -2.44. The molecule has 22 heavy (non-hydrogen) atoms. The summed E-state index contributed by atoms with van der Waals surface area (Å²) in [5.74, 6) is -0.0633. The van der Waals surface area contributed by atoms with Crippen molar-refractivity contribution in [2.45, 2.75) is 6.04 Å². The van der Waals surface area contributed by atoms with E-state index >= 15 is 0 Å². The van der Waals surface area contributed by atoms with Crippen LogP contribution < -0.4 is 0 Å². The van der Waals surface area contributed by atoms with Gasteiger partial charge in [0.1, 0.15) is 0 Å². The standard InChI is InChI=1S/C17H17N3O2/c1-19-7-3-6-15(19)16-12-22-9-8-20(16)17(21)14-5-2-4-13(10-14)11-18/h2-7,10,16H,8-9,12H2,1H3/t16-/m1/s1. The van der Waals surface area contributed by atoms with Crippen LogP contribution in [-0.4, -0.2) is 35.1 Å². The largest absolute Gasteiger partial charge is 0.377 e. The number of hydrogen-bond acceptors (Lipinski definition) is 3. The number of nitriles is 1. The van der Waals surface area contributed by atoms with Crippen LogP contribution in [0.2, 0.25) is 0 Å². The fraction of sp³-hybridized carbons (Fsp3) is 0.294. The molecule has 5 nitrogen and oxygen atoms in total. The van der Waals surface area contributed by atoms with Gasteiger partial charge in [-0.2, -0.15) is 5.26 Å². The first-order valence-corrected chi connectivity index (χ1v) is 7.21. The summed E-state index contributed by atoms with van der Waals surface area (Å²) in [7, 11) is 1.96. The van der Waals surface area contributed by atoms with E-state index in [4.69, 9.17) is 10.00 Å². The molecule has 0 bridgehead atoms. The molecule has 0 spiro atoms. The highest BCUT2D eigenvalue weighted by Gasteiger charge is 2.30. The Bertz CT molecular complexity index is 730. The van der Waals surface area contributed by atoms with E-state index in [9.17, 15) is 4.79 Å². The minimum Gasteiger partial charge on any atom is -0.377 e. The van der Waals surface area contributed by atoms with Gasteiger partial charge in [-0.25, -0.2) is 0 Å². The van der Waals surface area contributed by atoms with Gasteiger partial charge in [-0.3, -0.25) is 4.79 Å². The number of aryl methyl sites for hydroxylation is 1. The summed E-state index contributed by atoms with van der Waals surface area (Å²) in [5.41, 5.74) is 2.08. The molecule has 2 aromatic rings. The highest BCUT2D eigenvalue weighted by atomic mass is 16.5. The maximum absolute atomic E-state index is 12.8. The molecule has 3 rings (SSSR count). The molecule has 1 aromatic heterocycles. The number of benzene rings is 1. The van der Waals surface area contributed by atoms with Crippen molar-refractivity contribution in [3.8, 4) is 6.07 Å². The Kier molecular flexibility index (Phi) is 3.94. The minimum absolute atomic E-state index is 0.0633. The third kappa shape index (κ3) is 2.61. The molecule has 0 unspecified atom stereocenters. The van der Waals surface area contributed by atoms with E-state index in [2.05, 4.69) is 6.07 Å². The molecule has 1 atom stereocenters. The van der Waals surface area contributed by atoms with Crippen molar-refractivity contribution < 1.29 is 9.53 Å².